The van der Waals surface area contributed by atoms with Crippen molar-refractivity contribution < 1.29 is 13.2 Å². The van der Waals surface area contributed by atoms with Crippen LogP contribution in [0.25, 0.3) is 6.08 Å². The quantitative estimate of drug-likeness (QED) is 0.794. The second-order valence-corrected chi connectivity index (χ2v) is 3.32. The Kier molecular flexibility index (Phi) is 4.45. The molecule has 7 heteroatoms. The lowest BCUT2D eigenvalue weighted by Gasteiger charge is -2.08. The van der Waals surface area contributed by atoms with E-state index in [4.69, 9.17) is 5.73 Å². The molecule has 0 aliphatic carbocycles. The van der Waals surface area contributed by atoms with E-state index >= 15 is 0 Å². The Morgan fingerprint density at radius 2 is 2.18 bits per heavy atom. The van der Waals surface area contributed by atoms with Crippen LogP contribution in [0.5, 0.6) is 0 Å². The number of hydrogen-bond acceptors (Lipinski definition) is 4. The topological polar surface area (TPSA) is 63.8 Å². The van der Waals surface area contributed by atoms with Gasteiger partial charge in [0, 0.05) is 11.8 Å². The standard InChI is InChI=1S/C10H13F3N4/c1-15-5-3-2-4-7-6-16-9(14)17-8(7)10(11,12)13/h2,4,6,15H,3,5H2,1H3,(H2,14,16,17). The highest BCUT2D eigenvalue weighted by Crippen LogP contribution is 2.31. The Labute approximate surface area is 96.8 Å². The van der Waals surface area contributed by atoms with Crippen LogP contribution in [0.4, 0.5) is 19.1 Å². The average Bonchev–Trinajstić information content (AvgIpc) is 2.25. The molecule has 1 heterocycles. The van der Waals surface area contributed by atoms with Crippen molar-refractivity contribution in [3.05, 3.63) is 23.5 Å². The fraction of sp³-hybridized carbons (Fsp3) is 0.400. The molecule has 94 valence electrons. The minimum absolute atomic E-state index is 0.0807. The molecule has 1 rings (SSSR count). The maximum atomic E-state index is 12.6. The van der Waals surface area contributed by atoms with Gasteiger partial charge in [-0.15, -0.1) is 0 Å². The van der Waals surface area contributed by atoms with Crippen LogP contribution in [0.3, 0.4) is 0 Å². The van der Waals surface area contributed by atoms with Crippen molar-refractivity contribution in [2.45, 2.75) is 12.6 Å². The van der Waals surface area contributed by atoms with Crippen LogP contribution in [-0.4, -0.2) is 23.6 Å². The third kappa shape index (κ3) is 4.03. The lowest BCUT2D eigenvalue weighted by molar-refractivity contribution is -0.141. The largest absolute Gasteiger partial charge is 0.434 e. The number of anilines is 1. The van der Waals surface area contributed by atoms with E-state index in [0.29, 0.717) is 13.0 Å². The van der Waals surface area contributed by atoms with Crippen LogP contribution < -0.4 is 11.1 Å². The van der Waals surface area contributed by atoms with Crippen LogP contribution in [0.2, 0.25) is 0 Å². The molecule has 0 aliphatic rings. The van der Waals surface area contributed by atoms with Crippen molar-refractivity contribution in [2.24, 2.45) is 0 Å². The van der Waals surface area contributed by atoms with Gasteiger partial charge in [-0.05, 0) is 20.0 Å². The molecule has 4 nitrogen and oxygen atoms in total. The van der Waals surface area contributed by atoms with Gasteiger partial charge in [-0.25, -0.2) is 9.97 Å². The lowest BCUT2D eigenvalue weighted by Crippen LogP contribution is -2.13. The second-order valence-electron chi connectivity index (χ2n) is 3.32. The highest BCUT2D eigenvalue weighted by Gasteiger charge is 2.35. The third-order valence-corrected chi connectivity index (χ3v) is 1.96. The van der Waals surface area contributed by atoms with Crippen LogP contribution >= 0.6 is 0 Å². The fourth-order valence-corrected chi connectivity index (χ4v) is 1.19. The minimum atomic E-state index is -4.53. The van der Waals surface area contributed by atoms with Gasteiger partial charge in [0.1, 0.15) is 0 Å². The van der Waals surface area contributed by atoms with Gasteiger partial charge in [-0.2, -0.15) is 13.2 Å². The monoisotopic (exact) mass is 246 g/mol. The Morgan fingerprint density at radius 1 is 1.47 bits per heavy atom. The lowest BCUT2D eigenvalue weighted by atomic mass is 10.2. The molecule has 0 radical (unpaired) electrons. The summed E-state index contributed by atoms with van der Waals surface area (Å²) in [6.07, 6.45) is 0.138. The summed E-state index contributed by atoms with van der Waals surface area (Å²) in [5, 5.41) is 2.88. The first-order valence-corrected chi connectivity index (χ1v) is 4.96. The first kappa shape index (κ1) is 13.4. The minimum Gasteiger partial charge on any atom is -0.368 e. The SMILES string of the molecule is CNCCC=Cc1cnc(N)nc1C(F)(F)F. The molecule has 0 aliphatic heterocycles. The number of rotatable bonds is 4. The van der Waals surface area contributed by atoms with Crippen LogP contribution in [0.15, 0.2) is 12.3 Å². The van der Waals surface area contributed by atoms with Crippen molar-refractivity contribution in [3.8, 4) is 0 Å². The van der Waals surface area contributed by atoms with Gasteiger partial charge >= 0.3 is 6.18 Å². The Bertz CT molecular complexity index is 401. The molecule has 0 saturated heterocycles. The van der Waals surface area contributed by atoms with E-state index in [1.165, 1.54) is 6.08 Å². The smallest absolute Gasteiger partial charge is 0.368 e. The maximum absolute atomic E-state index is 12.6. The van der Waals surface area contributed by atoms with Gasteiger partial charge in [0.2, 0.25) is 5.95 Å². The van der Waals surface area contributed by atoms with E-state index in [9.17, 15) is 13.2 Å². The number of nitrogens with zero attached hydrogens (tertiary/aromatic N) is 2. The average molecular weight is 246 g/mol. The van der Waals surface area contributed by atoms with Crippen molar-refractivity contribution in [3.63, 3.8) is 0 Å². The van der Waals surface area contributed by atoms with Gasteiger partial charge in [0.25, 0.3) is 0 Å². The van der Waals surface area contributed by atoms with E-state index in [1.807, 2.05) is 0 Å². The summed E-state index contributed by atoms with van der Waals surface area (Å²) >= 11 is 0. The normalized spacial score (nSPS) is 12.2. The Hall–Kier alpha value is -1.63. The van der Waals surface area contributed by atoms with Crippen LogP contribution in [0, 0.1) is 0 Å². The molecule has 0 fully saturated rings. The van der Waals surface area contributed by atoms with E-state index in [2.05, 4.69) is 15.3 Å². The molecule has 0 amide bonds. The second kappa shape index (κ2) is 5.62. The molecular weight excluding hydrogens is 233 g/mol. The van der Waals surface area contributed by atoms with E-state index in [-0.39, 0.29) is 11.5 Å². The molecule has 17 heavy (non-hydrogen) atoms. The maximum Gasteiger partial charge on any atom is 0.434 e. The summed E-state index contributed by atoms with van der Waals surface area (Å²) < 4.78 is 37.8. The zero-order chi connectivity index (χ0) is 12.9. The predicted octanol–water partition coefficient (Wildman–Crippen LogP) is 1.70. The zero-order valence-electron chi connectivity index (χ0n) is 9.25. The van der Waals surface area contributed by atoms with E-state index in [1.54, 1.807) is 13.1 Å². The van der Waals surface area contributed by atoms with Gasteiger partial charge < -0.3 is 11.1 Å². The molecule has 0 spiro atoms. The highest BCUT2D eigenvalue weighted by atomic mass is 19.4. The molecule has 0 saturated carbocycles. The van der Waals surface area contributed by atoms with Crippen molar-refractivity contribution in [1.29, 1.82) is 0 Å². The number of alkyl halides is 3. The van der Waals surface area contributed by atoms with Crippen LogP contribution in [-0.2, 0) is 6.18 Å². The molecule has 1 aromatic heterocycles. The summed E-state index contributed by atoms with van der Waals surface area (Å²) in [5.74, 6) is -0.385. The molecule has 0 bridgehead atoms. The highest BCUT2D eigenvalue weighted by molar-refractivity contribution is 5.52. The van der Waals surface area contributed by atoms with Crippen LogP contribution in [0.1, 0.15) is 17.7 Å². The van der Waals surface area contributed by atoms with Crippen molar-refractivity contribution in [2.75, 3.05) is 19.3 Å². The van der Waals surface area contributed by atoms with Crippen molar-refractivity contribution >= 4 is 12.0 Å². The van der Waals surface area contributed by atoms with Gasteiger partial charge in [-0.1, -0.05) is 12.2 Å². The first-order valence-electron chi connectivity index (χ1n) is 4.96. The zero-order valence-corrected chi connectivity index (χ0v) is 9.25. The predicted molar refractivity (Wildman–Crippen MR) is 59.0 cm³/mol. The molecule has 3 N–H and O–H groups in total. The summed E-state index contributed by atoms with van der Waals surface area (Å²) in [7, 11) is 1.77. The molecule has 0 unspecified atom stereocenters. The Morgan fingerprint density at radius 3 is 2.76 bits per heavy atom. The first-order chi connectivity index (χ1) is 7.95. The summed E-state index contributed by atoms with van der Waals surface area (Å²) in [4.78, 5) is 6.77. The van der Waals surface area contributed by atoms with Gasteiger partial charge in [-0.3, -0.25) is 0 Å². The van der Waals surface area contributed by atoms with Gasteiger partial charge in [0.05, 0.1) is 0 Å². The molecule has 0 aromatic carbocycles. The molecule has 1 aromatic rings. The number of halogens is 3. The number of aromatic nitrogens is 2. The number of nitrogens with one attached hydrogen (secondary N) is 1. The van der Waals surface area contributed by atoms with E-state index in [0.717, 1.165) is 6.20 Å². The number of hydrogen-bond donors (Lipinski definition) is 2. The summed E-state index contributed by atoms with van der Waals surface area (Å²) in [6.45, 7) is 0.688. The Balaban J connectivity index is 2.95. The van der Waals surface area contributed by atoms with E-state index < -0.39 is 11.9 Å². The number of nitrogens with two attached hydrogens (primary N) is 1. The van der Waals surface area contributed by atoms with Crippen molar-refractivity contribution in [1.82, 2.24) is 15.3 Å². The summed E-state index contributed by atoms with van der Waals surface area (Å²) in [6, 6.07) is 0. The molecule has 0 atom stereocenters. The number of nitrogen functional groups attached to an aromatic ring is 1. The summed E-state index contributed by atoms with van der Waals surface area (Å²) in [5.41, 5.74) is 4.05. The third-order valence-electron chi connectivity index (χ3n) is 1.96. The fourth-order valence-electron chi connectivity index (χ4n) is 1.19. The van der Waals surface area contributed by atoms with Gasteiger partial charge in [0.15, 0.2) is 5.69 Å². The molecular formula is C10H13F3N4.